The highest BCUT2D eigenvalue weighted by Crippen LogP contribution is 2.47. The predicted molar refractivity (Wildman–Crippen MR) is 153 cm³/mol. The zero-order chi connectivity index (χ0) is 29.3. The number of hydrogen-bond acceptors (Lipinski definition) is 8. The Morgan fingerprint density at radius 1 is 1.17 bits per heavy atom. The van der Waals surface area contributed by atoms with Crippen molar-refractivity contribution in [3.05, 3.63) is 82.2 Å². The highest BCUT2D eigenvalue weighted by molar-refractivity contribution is 5.93. The summed E-state index contributed by atoms with van der Waals surface area (Å²) >= 11 is 0. The lowest BCUT2D eigenvalue weighted by Gasteiger charge is -2.36. The van der Waals surface area contributed by atoms with Crippen LogP contribution in [0.2, 0.25) is 0 Å². The topological polar surface area (TPSA) is 169 Å². The molecule has 5 rings (SSSR count). The van der Waals surface area contributed by atoms with E-state index in [-0.39, 0.29) is 24.5 Å². The van der Waals surface area contributed by atoms with Crippen molar-refractivity contribution >= 4 is 17.5 Å². The molecule has 0 spiro atoms. The molecule has 0 bridgehead atoms. The van der Waals surface area contributed by atoms with Gasteiger partial charge in [-0.2, -0.15) is 10.1 Å². The number of primary amides is 1. The molecule has 2 aliphatic rings. The SMILES string of the molecule is C=C(N)c1ccc2c(c1)CCc1cc(C(N)=O)ccc1C2(C[C@H](C)NCC(=O)N1CCC[C@H]1C#N)c1nnn(C)n1. The van der Waals surface area contributed by atoms with Crippen LogP contribution in [0.15, 0.2) is 43.0 Å². The van der Waals surface area contributed by atoms with Gasteiger partial charge in [0, 0.05) is 23.8 Å². The van der Waals surface area contributed by atoms with Crippen LogP contribution in [-0.4, -0.2) is 62.1 Å². The number of carbonyl (C=O) groups excluding carboxylic acids is 2. The maximum Gasteiger partial charge on any atom is 0.248 e. The lowest BCUT2D eigenvalue weighted by atomic mass is 9.67. The third-order valence-electron chi connectivity index (χ3n) is 8.28. The van der Waals surface area contributed by atoms with Crippen LogP contribution < -0.4 is 16.8 Å². The van der Waals surface area contributed by atoms with Gasteiger partial charge < -0.3 is 21.7 Å². The summed E-state index contributed by atoms with van der Waals surface area (Å²) in [6.07, 6.45) is 3.39. The van der Waals surface area contributed by atoms with Gasteiger partial charge in [0.1, 0.15) is 6.04 Å². The first-order valence-electron chi connectivity index (χ1n) is 13.8. The van der Waals surface area contributed by atoms with Crippen LogP contribution >= 0.6 is 0 Å². The number of nitrogens with two attached hydrogens (primary N) is 2. The summed E-state index contributed by atoms with van der Waals surface area (Å²) in [6, 6.07) is 13.3. The number of aromatic nitrogens is 4. The number of rotatable bonds is 8. The molecule has 5 N–H and O–H groups in total. The van der Waals surface area contributed by atoms with Crippen LogP contribution in [0.3, 0.4) is 0 Å². The van der Waals surface area contributed by atoms with Crippen LogP contribution in [-0.2, 0) is 30.1 Å². The fraction of sp³-hybridized carbons (Fsp3) is 0.400. The Bertz CT molecular complexity index is 1490. The number of amides is 2. The van der Waals surface area contributed by atoms with Crippen molar-refractivity contribution in [2.75, 3.05) is 13.1 Å². The van der Waals surface area contributed by atoms with Crippen LogP contribution in [0.5, 0.6) is 0 Å². The largest absolute Gasteiger partial charge is 0.399 e. The Morgan fingerprint density at radius 3 is 2.41 bits per heavy atom. The molecule has 0 radical (unpaired) electrons. The van der Waals surface area contributed by atoms with Crippen molar-refractivity contribution in [1.29, 1.82) is 5.26 Å². The summed E-state index contributed by atoms with van der Waals surface area (Å²) in [5.41, 5.74) is 16.6. The molecular formula is C30H35N9O2. The van der Waals surface area contributed by atoms with E-state index < -0.39 is 11.3 Å². The van der Waals surface area contributed by atoms with E-state index in [2.05, 4.69) is 40.4 Å². The maximum absolute atomic E-state index is 13.0. The number of tetrazole rings is 1. The normalized spacial score (nSPS) is 20.4. The molecule has 1 aliphatic heterocycles. The monoisotopic (exact) mass is 553 g/mol. The molecule has 3 aromatic rings. The van der Waals surface area contributed by atoms with E-state index in [4.69, 9.17) is 16.6 Å². The van der Waals surface area contributed by atoms with Crippen molar-refractivity contribution in [2.45, 2.75) is 56.5 Å². The minimum absolute atomic E-state index is 0.0913. The summed E-state index contributed by atoms with van der Waals surface area (Å²) in [7, 11) is 1.72. The quantitative estimate of drug-likeness (QED) is 0.377. The maximum atomic E-state index is 13.0. The number of nitriles is 1. The Labute approximate surface area is 239 Å². The zero-order valence-electron chi connectivity index (χ0n) is 23.4. The van der Waals surface area contributed by atoms with E-state index in [1.165, 1.54) is 4.80 Å². The molecule has 3 atom stereocenters. The Hall–Kier alpha value is -4.56. The average Bonchev–Trinajstić information content (AvgIpc) is 3.60. The van der Waals surface area contributed by atoms with Gasteiger partial charge in [-0.25, -0.2) is 0 Å². The first-order chi connectivity index (χ1) is 19.6. The number of carbonyl (C=O) groups is 2. The van der Waals surface area contributed by atoms with Gasteiger partial charge in [-0.1, -0.05) is 24.8 Å². The lowest BCUT2D eigenvalue weighted by molar-refractivity contribution is -0.130. The third kappa shape index (κ3) is 5.18. The summed E-state index contributed by atoms with van der Waals surface area (Å²) in [6.45, 7) is 6.65. The Morgan fingerprint density at radius 2 is 1.83 bits per heavy atom. The number of aryl methyl sites for hydroxylation is 3. The van der Waals surface area contributed by atoms with Crippen LogP contribution in [0.4, 0.5) is 0 Å². The standard InChI is InChI=1S/C30H35N9O2/c1-18(34-17-27(40)39-12-4-5-24(39)16-31)15-30(29-35-37-38(3)36-29)25-10-8-20(19(2)32)13-21(25)6-7-22-14-23(28(33)41)9-11-26(22)30/h8-11,13-14,18,24,34H,2,4-7,12,15,17,32H2,1,3H3,(H2,33,41)/t18-,24-,30?/m0/s1. The summed E-state index contributed by atoms with van der Waals surface area (Å²) in [4.78, 5) is 28.2. The highest BCUT2D eigenvalue weighted by Gasteiger charge is 2.46. The number of hydrogen-bond donors (Lipinski definition) is 3. The second kappa shape index (κ2) is 11.1. The molecule has 1 aliphatic carbocycles. The van der Waals surface area contributed by atoms with E-state index in [1.807, 2.05) is 25.1 Å². The first-order valence-corrected chi connectivity index (χ1v) is 13.8. The summed E-state index contributed by atoms with van der Waals surface area (Å²) in [5.74, 6) is -0.0725. The molecule has 2 aromatic carbocycles. The first kappa shape index (κ1) is 28.0. The van der Waals surface area contributed by atoms with Gasteiger partial charge in [0.25, 0.3) is 0 Å². The Balaban J connectivity index is 1.61. The molecule has 2 amide bonds. The fourth-order valence-electron chi connectivity index (χ4n) is 6.30. The lowest BCUT2D eigenvalue weighted by Crippen LogP contribution is -2.45. The number of likely N-dealkylation sites (tertiary alicyclic amines) is 1. The molecule has 11 nitrogen and oxygen atoms in total. The molecule has 2 heterocycles. The Kier molecular flexibility index (Phi) is 7.60. The van der Waals surface area contributed by atoms with Crippen LogP contribution in [0, 0.1) is 11.3 Å². The third-order valence-corrected chi connectivity index (χ3v) is 8.28. The van der Waals surface area contributed by atoms with Crippen molar-refractivity contribution in [3.8, 4) is 6.07 Å². The van der Waals surface area contributed by atoms with E-state index >= 15 is 0 Å². The van der Waals surface area contributed by atoms with Crippen molar-refractivity contribution in [2.24, 2.45) is 18.5 Å². The van der Waals surface area contributed by atoms with Crippen molar-refractivity contribution in [3.63, 3.8) is 0 Å². The number of fused-ring (bicyclic) bond motifs is 2. The average molecular weight is 554 g/mol. The number of benzene rings is 2. The van der Waals surface area contributed by atoms with E-state index in [1.54, 1.807) is 18.0 Å². The second-order valence-electron chi connectivity index (χ2n) is 11.0. The molecule has 1 aromatic heterocycles. The minimum atomic E-state index is -0.863. The van der Waals surface area contributed by atoms with Crippen molar-refractivity contribution < 1.29 is 9.59 Å². The molecule has 212 valence electrons. The van der Waals surface area contributed by atoms with Gasteiger partial charge in [0.05, 0.1) is 25.1 Å². The number of nitrogens with one attached hydrogen (secondary N) is 1. The minimum Gasteiger partial charge on any atom is -0.399 e. The predicted octanol–water partition coefficient (Wildman–Crippen LogP) is 1.55. The molecule has 1 fully saturated rings. The van der Waals surface area contributed by atoms with Gasteiger partial charge in [-0.15, -0.1) is 10.2 Å². The zero-order valence-corrected chi connectivity index (χ0v) is 23.4. The molecular weight excluding hydrogens is 518 g/mol. The second-order valence-corrected chi connectivity index (χ2v) is 11.0. The van der Waals surface area contributed by atoms with Gasteiger partial charge >= 0.3 is 0 Å². The van der Waals surface area contributed by atoms with E-state index in [0.717, 1.165) is 34.2 Å². The van der Waals surface area contributed by atoms with Gasteiger partial charge in [0.15, 0.2) is 5.82 Å². The van der Waals surface area contributed by atoms with Gasteiger partial charge in [-0.3, -0.25) is 9.59 Å². The summed E-state index contributed by atoms with van der Waals surface area (Å²) < 4.78 is 0. The van der Waals surface area contributed by atoms with Gasteiger partial charge in [0.2, 0.25) is 11.8 Å². The fourth-order valence-corrected chi connectivity index (χ4v) is 6.30. The molecule has 1 saturated heterocycles. The smallest absolute Gasteiger partial charge is 0.248 e. The van der Waals surface area contributed by atoms with Crippen LogP contribution in [0.25, 0.3) is 5.70 Å². The number of nitrogens with zero attached hydrogens (tertiary/aromatic N) is 6. The molecule has 0 saturated carbocycles. The molecule has 41 heavy (non-hydrogen) atoms. The molecule has 1 unspecified atom stereocenters. The highest BCUT2D eigenvalue weighted by atomic mass is 16.2. The van der Waals surface area contributed by atoms with E-state index in [0.29, 0.717) is 49.3 Å². The summed E-state index contributed by atoms with van der Waals surface area (Å²) in [5, 5.41) is 26.3. The van der Waals surface area contributed by atoms with E-state index in [9.17, 15) is 14.9 Å². The van der Waals surface area contributed by atoms with Gasteiger partial charge in [-0.05, 0) is 90.3 Å². The van der Waals surface area contributed by atoms with Crippen molar-refractivity contribution in [1.82, 2.24) is 30.4 Å². The van der Waals surface area contributed by atoms with Crippen LogP contribution in [0.1, 0.15) is 70.2 Å². The molecule has 11 heteroatoms.